The number of benzene rings is 1. The van der Waals surface area contributed by atoms with E-state index >= 15 is 0 Å². The van der Waals surface area contributed by atoms with Crippen molar-refractivity contribution >= 4 is 40.2 Å². The molecule has 0 saturated carbocycles. The van der Waals surface area contributed by atoms with E-state index in [1.54, 1.807) is 24.2 Å². The van der Waals surface area contributed by atoms with Crippen LogP contribution in [0.2, 0.25) is 0 Å². The van der Waals surface area contributed by atoms with Crippen LogP contribution < -0.4 is 10.2 Å². The van der Waals surface area contributed by atoms with E-state index in [2.05, 4.69) is 25.2 Å². The predicted molar refractivity (Wildman–Crippen MR) is 109 cm³/mol. The lowest BCUT2D eigenvalue weighted by Gasteiger charge is -2.32. The number of nitrogens with one attached hydrogen (secondary N) is 1. The highest BCUT2D eigenvalue weighted by Gasteiger charge is 2.25. The number of rotatable bonds is 4. The van der Waals surface area contributed by atoms with Crippen molar-refractivity contribution in [3.63, 3.8) is 0 Å². The Balaban J connectivity index is 1.38. The standard InChI is InChI=1S/C20H21N5OS/c1-27-17-4-2-3-15(11-17)24-20(26)14-5-9-25(10-6-14)16-12-18-19(23-13-16)22-8-7-21-18/h2-4,7-8,11-14H,5-6,9-10H2,1H3,(H,24,26). The van der Waals surface area contributed by atoms with Crippen LogP contribution in [0.4, 0.5) is 11.4 Å². The number of pyridine rings is 1. The van der Waals surface area contributed by atoms with E-state index in [1.165, 1.54) is 0 Å². The number of carbonyl (C=O) groups is 1. The monoisotopic (exact) mass is 379 g/mol. The third-order valence-corrected chi connectivity index (χ3v) is 5.60. The van der Waals surface area contributed by atoms with Gasteiger partial charge in [0.1, 0.15) is 5.52 Å². The van der Waals surface area contributed by atoms with Crippen LogP contribution in [0.3, 0.4) is 0 Å². The molecule has 6 nitrogen and oxygen atoms in total. The van der Waals surface area contributed by atoms with Crippen LogP contribution in [0.5, 0.6) is 0 Å². The summed E-state index contributed by atoms with van der Waals surface area (Å²) in [6.45, 7) is 1.66. The molecule has 0 aliphatic carbocycles. The van der Waals surface area contributed by atoms with Crippen LogP contribution in [-0.2, 0) is 4.79 Å². The van der Waals surface area contributed by atoms with Gasteiger partial charge in [-0.05, 0) is 43.4 Å². The van der Waals surface area contributed by atoms with E-state index in [-0.39, 0.29) is 11.8 Å². The van der Waals surface area contributed by atoms with Gasteiger partial charge in [0, 0.05) is 42.0 Å². The summed E-state index contributed by atoms with van der Waals surface area (Å²) >= 11 is 1.67. The molecule has 3 heterocycles. The third-order valence-electron chi connectivity index (χ3n) is 4.88. The Labute approximate surface area is 162 Å². The van der Waals surface area contributed by atoms with Gasteiger partial charge < -0.3 is 10.2 Å². The van der Waals surface area contributed by atoms with E-state index < -0.39 is 0 Å². The normalized spacial score (nSPS) is 15.1. The molecule has 1 aliphatic heterocycles. The molecule has 1 saturated heterocycles. The van der Waals surface area contributed by atoms with Gasteiger partial charge in [-0.15, -0.1) is 11.8 Å². The number of amides is 1. The van der Waals surface area contributed by atoms with Gasteiger partial charge in [0.2, 0.25) is 5.91 Å². The molecule has 0 spiro atoms. The van der Waals surface area contributed by atoms with Gasteiger partial charge in [-0.1, -0.05) is 6.07 Å². The SMILES string of the molecule is CSc1cccc(NC(=O)C2CCN(c3cnc4nccnc4c3)CC2)c1. The molecule has 7 heteroatoms. The summed E-state index contributed by atoms with van der Waals surface area (Å²) in [5.74, 6) is 0.141. The Hall–Kier alpha value is -2.67. The van der Waals surface area contributed by atoms with Gasteiger partial charge in [-0.2, -0.15) is 0 Å². The highest BCUT2D eigenvalue weighted by molar-refractivity contribution is 7.98. The molecule has 1 N–H and O–H groups in total. The van der Waals surface area contributed by atoms with E-state index in [0.717, 1.165) is 47.7 Å². The molecule has 3 aromatic rings. The fourth-order valence-electron chi connectivity index (χ4n) is 3.37. The van der Waals surface area contributed by atoms with E-state index in [9.17, 15) is 4.79 Å². The fraction of sp³-hybridized carbons (Fsp3) is 0.300. The Morgan fingerprint density at radius 2 is 1.96 bits per heavy atom. The minimum Gasteiger partial charge on any atom is -0.370 e. The van der Waals surface area contributed by atoms with Crippen LogP contribution in [0.25, 0.3) is 11.2 Å². The molecule has 1 amide bonds. The number of thioether (sulfide) groups is 1. The lowest BCUT2D eigenvalue weighted by molar-refractivity contribution is -0.120. The van der Waals surface area contributed by atoms with Crippen molar-refractivity contribution in [2.24, 2.45) is 5.92 Å². The first-order chi connectivity index (χ1) is 13.2. The maximum absolute atomic E-state index is 12.6. The van der Waals surface area contributed by atoms with Gasteiger partial charge in [-0.25, -0.2) is 9.97 Å². The highest BCUT2D eigenvalue weighted by Crippen LogP contribution is 2.26. The van der Waals surface area contributed by atoms with Crippen molar-refractivity contribution in [1.82, 2.24) is 15.0 Å². The van der Waals surface area contributed by atoms with Crippen LogP contribution >= 0.6 is 11.8 Å². The number of anilines is 2. The largest absolute Gasteiger partial charge is 0.370 e. The van der Waals surface area contributed by atoms with Gasteiger partial charge >= 0.3 is 0 Å². The molecule has 4 rings (SSSR count). The van der Waals surface area contributed by atoms with Crippen molar-refractivity contribution in [1.29, 1.82) is 0 Å². The van der Waals surface area contributed by atoms with E-state index in [1.807, 2.05) is 42.8 Å². The molecule has 0 unspecified atom stereocenters. The molecule has 27 heavy (non-hydrogen) atoms. The summed E-state index contributed by atoms with van der Waals surface area (Å²) in [5.41, 5.74) is 3.35. The number of hydrogen-bond donors (Lipinski definition) is 1. The van der Waals surface area contributed by atoms with Crippen molar-refractivity contribution in [3.05, 3.63) is 48.9 Å². The minimum atomic E-state index is 0.0346. The summed E-state index contributed by atoms with van der Waals surface area (Å²) in [4.78, 5) is 28.9. The van der Waals surface area contributed by atoms with E-state index in [4.69, 9.17) is 0 Å². The summed E-state index contributed by atoms with van der Waals surface area (Å²) in [6.07, 6.45) is 8.85. The fourth-order valence-corrected chi connectivity index (χ4v) is 3.82. The second kappa shape index (κ2) is 7.92. The Morgan fingerprint density at radius 3 is 2.78 bits per heavy atom. The summed E-state index contributed by atoms with van der Waals surface area (Å²) in [6, 6.07) is 9.98. The van der Waals surface area contributed by atoms with Crippen molar-refractivity contribution in [2.75, 3.05) is 29.6 Å². The molecule has 0 bridgehead atoms. The molecule has 1 aliphatic rings. The Bertz CT molecular complexity index is 956. The maximum Gasteiger partial charge on any atom is 0.227 e. The first kappa shape index (κ1) is 17.7. The quantitative estimate of drug-likeness (QED) is 0.699. The molecule has 1 aromatic carbocycles. The van der Waals surface area contributed by atoms with Crippen molar-refractivity contribution in [2.45, 2.75) is 17.7 Å². The van der Waals surface area contributed by atoms with Crippen LogP contribution in [0.1, 0.15) is 12.8 Å². The molecule has 2 aromatic heterocycles. The number of hydrogen-bond acceptors (Lipinski definition) is 6. The number of aromatic nitrogens is 3. The molecule has 138 valence electrons. The van der Waals surface area contributed by atoms with Crippen molar-refractivity contribution in [3.8, 4) is 0 Å². The number of nitrogens with zero attached hydrogens (tertiary/aromatic N) is 4. The zero-order chi connectivity index (χ0) is 18.6. The van der Waals surface area contributed by atoms with Crippen molar-refractivity contribution < 1.29 is 4.79 Å². The minimum absolute atomic E-state index is 0.0346. The predicted octanol–water partition coefficient (Wildman–Crippen LogP) is 3.60. The third kappa shape index (κ3) is 4.03. The first-order valence-electron chi connectivity index (χ1n) is 8.99. The summed E-state index contributed by atoms with van der Waals surface area (Å²) < 4.78 is 0. The lowest BCUT2D eigenvalue weighted by Crippen LogP contribution is -2.38. The molecule has 1 fully saturated rings. The molecule has 0 atom stereocenters. The summed E-state index contributed by atoms with van der Waals surface area (Å²) in [7, 11) is 0. The zero-order valence-electron chi connectivity index (χ0n) is 15.1. The van der Waals surface area contributed by atoms with Crippen LogP contribution in [-0.4, -0.2) is 40.2 Å². The first-order valence-corrected chi connectivity index (χ1v) is 10.2. The average molecular weight is 379 g/mol. The second-order valence-corrected chi connectivity index (χ2v) is 7.45. The molecular formula is C20H21N5OS. The van der Waals surface area contributed by atoms with Gasteiger partial charge in [0.15, 0.2) is 5.65 Å². The second-order valence-electron chi connectivity index (χ2n) is 6.58. The van der Waals surface area contributed by atoms with E-state index in [0.29, 0.717) is 5.65 Å². The zero-order valence-corrected chi connectivity index (χ0v) is 15.9. The van der Waals surface area contributed by atoms with Gasteiger partial charge in [0.25, 0.3) is 0 Å². The average Bonchev–Trinajstić information content (AvgIpc) is 2.73. The number of fused-ring (bicyclic) bond motifs is 1. The maximum atomic E-state index is 12.6. The summed E-state index contributed by atoms with van der Waals surface area (Å²) in [5, 5.41) is 3.06. The Morgan fingerprint density at radius 1 is 1.15 bits per heavy atom. The van der Waals surface area contributed by atoms with Gasteiger partial charge in [-0.3, -0.25) is 9.78 Å². The highest BCUT2D eigenvalue weighted by atomic mass is 32.2. The number of carbonyl (C=O) groups excluding carboxylic acids is 1. The lowest BCUT2D eigenvalue weighted by atomic mass is 9.95. The topological polar surface area (TPSA) is 71.0 Å². The molecule has 0 radical (unpaired) electrons. The van der Waals surface area contributed by atoms with Crippen LogP contribution in [0, 0.1) is 5.92 Å². The Kier molecular flexibility index (Phi) is 5.20. The van der Waals surface area contributed by atoms with Crippen LogP contribution in [0.15, 0.2) is 53.8 Å². The number of piperidine rings is 1. The van der Waals surface area contributed by atoms with Gasteiger partial charge in [0.05, 0.1) is 11.9 Å². The smallest absolute Gasteiger partial charge is 0.227 e. The molecular weight excluding hydrogens is 358 g/mol.